The summed E-state index contributed by atoms with van der Waals surface area (Å²) >= 11 is 0. The predicted octanol–water partition coefficient (Wildman–Crippen LogP) is 1.56. The van der Waals surface area contributed by atoms with Gasteiger partial charge in [-0.1, -0.05) is 13.8 Å². The van der Waals surface area contributed by atoms with E-state index in [0.29, 0.717) is 5.92 Å². The zero-order valence-corrected chi connectivity index (χ0v) is 8.23. The molecule has 1 saturated heterocycles. The first-order chi connectivity index (χ1) is 6.09. The van der Waals surface area contributed by atoms with Gasteiger partial charge in [-0.3, -0.25) is 0 Å². The number of rotatable bonds is 3. The number of nitrogens with zero attached hydrogens (tertiary/aromatic N) is 1. The average molecular weight is 183 g/mol. The van der Waals surface area contributed by atoms with Gasteiger partial charge in [0, 0.05) is 25.4 Å². The smallest absolute Gasteiger partial charge is 0.329 e. The van der Waals surface area contributed by atoms with E-state index in [4.69, 9.17) is 5.11 Å². The molecule has 74 valence electrons. The van der Waals surface area contributed by atoms with Crippen LogP contribution < -0.4 is 0 Å². The maximum absolute atomic E-state index is 10.3. The Morgan fingerprint density at radius 2 is 2.31 bits per heavy atom. The molecular formula is C10H17NO2. The van der Waals surface area contributed by atoms with E-state index in [1.807, 2.05) is 0 Å². The number of carbonyl (C=O) groups is 1. The molecule has 0 amide bonds. The molecule has 1 aliphatic rings. The number of likely N-dealkylation sites (tertiary alicyclic amines) is 1. The van der Waals surface area contributed by atoms with E-state index in [0.717, 1.165) is 19.0 Å². The molecule has 0 aliphatic carbocycles. The molecule has 0 aromatic heterocycles. The molecule has 0 radical (unpaired) electrons. The Kier molecular flexibility index (Phi) is 3.34. The monoisotopic (exact) mass is 183 g/mol. The van der Waals surface area contributed by atoms with Crippen LogP contribution in [0.25, 0.3) is 0 Å². The summed E-state index contributed by atoms with van der Waals surface area (Å²) < 4.78 is 0. The van der Waals surface area contributed by atoms with Crippen molar-refractivity contribution in [1.29, 1.82) is 0 Å². The lowest BCUT2D eigenvalue weighted by atomic mass is 9.95. The van der Waals surface area contributed by atoms with Crippen LogP contribution in [0, 0.1) is 11.8 Å². The second-order valence-corrected chi connectivity index (χ2v) is 3.94. The van der Waals surface area contributed by atoms with Gasteiger partial charge in [-0.05, 0) is 18.3 Å². The van der Waals surface area contributed by atoms with Gasteiger partial charge in [0.25, 0.3) is 0 Å². The van der Waals surface area contributed by atoms with Crippen LogP contribution in [-0.2, 0) is 4.79 Å². The molecule has 0 bridgehead atoms. The van der Waals surface area contributed by atoms with Crippen molar-refractivity contribution in [2.24, 2.45) is 11.8 Å². The Balaban J connectivity index is 2.37. The summed E-state index contributed by atoms with van der Waals surface area (Å²) in [5, 5.41) is 8.44. The molecule has 0 spiro atoms. The Bertz CT molecular complexity index is 211. The number of aliphatic carboxylic acids is 1. The van der Waals surface area contributed by atoms with Crippen molar-refractivity contribution in [1.82, 2.24) is 4.90 Å². The molecule has 3 nitrogen and oxygen atoms in total. The standard InChI is InChI=1S/C10H17NO2/c1-8(2)9-3-5-11(7-9)6-4-10(12)13/h4,6,8-9H,3,5,7H2,1-2H3,(H,12,13)/b6-4+. The SMILES string of the molecule is CC(C)C1CCN(/C=C/C(=O)O)C1. The van der Waals surface area contributed by atoms with Crippen LogP contribution in [0.3, 0.4) is 0 Å². The lowest BCUT2D eigenvalue weighted by Crippen LogP contribution is -2.16. The highest BCUT2D eigenvalue weighted by Gasteiger charge is 2.22. The highest BCUT2D eigenvalue weighted by Crippen LogP contribution is 2.23. The normalized spacial score (nSPS) is 23.3. The third kappa shape index (κ3) is 3.09. The van der Waals surface area contributed by atoms with E-state index in [9.17, 15) is 4.79 Å². The molecule has 1 heterocycles. The lowest BCUT2D eigenvalue weighted by molar-refractivity contribution is -0.131. The van der Waals surface area contributed by atoms with Crippen molar-refractivity contribution >= 4 is 5.97 Å². The Labute approximate surface area is 79.0 Å². The first-order valence-corrected chi connectivity index (χ1v) is 4.74. The van der Waals surface area contributed by atoms with E-state index in [1.54, 1.807) is 6.20 Å². The second kappa shape index (κ2) is 4.30. The van der Waals surface area contributed by atoms with E-state index < -0.39 is 5.97 Å². The van der Waals surface area contributed by atoms with Gasteiger partial charge < -0.3 is 10.0 Å². The highest BCUT2D eigenvalue weighted by atomic mass is 16.4. The second-order valence-electron chi connectivity index (χ2n) is 3.94. The fourth-order valence-corrected chi connectivity index (χ4v) is 1.66. The summed E-state index contributed by atoms with van der Waals surface area (Å²) in [6.07, 6.45) is 4.08. The largest absolute Gasteiger partial charge is 0.478 e. The van der Waals surface area contributed by atoms with Crippen LogP contribution in [-0.4, -0.2) is 29.1 Å². The molecule has 1 rings (SSSR count). The van der Waals surface area contributed by atoms with Gasteiger partial charge in [0.1, 0.15) is 0 Å². The van der Waals surface area contributed by atoms with Gasteiger partial charge in [0.2, 0.25) is 0 Å². The predicted molar refractivity (Wildman–Crippen MR) is 51.3 cm³/mol. The molecule has 0 saturated carbocycles. The molecule has 1 aliphatic heterocycles. The van der Waals surface area contributed by atoms with E-state index >= 15 is 0 Å². The highest BCUT2D eigenvalue weighted by molar-refractivity contribution is 5.79. The fraction of sp³-hybridized carbons (Fsp3) is 0.700. The molecule has 0 aromatic rings. The molecule has 1 atom stereocenters. The lowest BCUT2D eigenvalue weighted by Gasteiger charge is -2.15. The van der Waals surface area contributed by atoms with Crippen LogP contribution in [0.5, 0.6) is 0 Å². The van der Waals surface area contributed by atoms with Crippen LogP contribution in [0.15, 0.2) is 12.3 Å². The van der Waals surface area contributed by atoms with Crippen molar-refractivity contribution in [3.8, 4) is 0 Å². The quantitative estimate of drug-likeness (QED) is 0.675. The molecule has 1 N–H and O–H groups in total. The van der Waals surface area contributed by atoms with Gasteiger partial charge in [-0.25, -0.2) is 4.79 Å². The zero-order valence-electron chi connectivity index (χ0n) is 8.23. The van der Waals surface area contributed by atoms with Crippen LogP contribution >= 0.6 is 0 Å². The van der Waals surface area contributed by atoms with Crippen molar-refractivity contribution in [3.05, 3.63) is 12.3 Å². The summed E-state index contributed by atoms with van der Waals surface area (Å²) in [4.78, 5) is 12.3. The summed E-state index contributed by atoms with van der Waals surface area (Å²) in [5.74, 6) is 0.551. The number of hydrogen-bond donors (Lipinski definition) is 1. The van der Waals surface area contributed by atoms with Crippen molar-refractivity contribution < 1.29 is 9.90 Å². The van der Waals surface area contributed by atoms with Crippen LogP contribution in [0.4, 0.5) is 0 Å². The van der Waals surface area contributed by atoms with Crippen molar-refractivity contribution in [3.63, 3.8) is 0 Å². The number of carboxylic acids is 1. The minimum Gasteiger partial charge on any atom is -0.478 e. The molecule has 1 unspecified atom stereocenters. The van der Waals surface area contributed by atoms with Gasteiger partial charge in [0.05, 0.1) is 0 Å². The summed E-state index contributed by atoms with van der Waals surface area (Å²) in [6.45, 7) is 6.43. The first kappa shape index (κ1) is 10.1. The van der Waals surface area contributed by atoms with Gasteiger partial charge in [-0.2, -0.15) is 0 Å². The maximum Gasteiger partial charge on any atom is 0.329 e. The minimum absolute atomic E-state index is 0.697. The Morgan fingerprint density at radius 1 is 1.62 bits per heavy atom. The third-order valence-corrected chi connectivity index (χ3v) is 2.63. The zero-order chi connectivity index (χ0) is 9.84. The Morgan fingerprint density at radius 3 is 2.77 bits per heavy atom. The van der Waals surface area contributed by atoms with E-state index in [2.05, 4.69) is 18.7 Å². The van der Waals surface area contributed by atoms with Gasteiger partial charge >= 0.3 is 5.97 Å². The molecule has 1 fully saturated rings. The molecule has 13 heavy (non-hydrogen) atoms. The van der Waals surface area contributed by atoms with E-state index in [-0.39, 0.29) is 0 Å². The van der Waals surface area contributed by atoms with E-state index in [1.165, 1.54) is 12.5 Å². The molecular weight excluding hydrogens is 166 g/mol. The molecule has 0 aromatic carbocycles. The van der Waals surface area contributed by atoms with Gasteiger partial charge in [0.15, 0.2) is 0 Å². The van der Waals surface area contributed by atoms with Crippen LogP contribution in [0.1, 0.15) is 20.3 Å². The summed E-state index contributed by atoms with van der Waals surface area (Å²) in [6, 6.07) is 0. The minimum atomic E-state index is -0.868. The summed E-state index contributed by atoms with van der Waals surface area (Å²) in [5.41, 5.74) is 0. The maximum atomic E-state index is 10.3. The van der Waals surface area contributed by atoms with Crippen LogP contribution in [0.2, 0.25) is 0 Å². The average Bonchev–Trinajstić information content (AvgIpc) is 2.48. The topological polar surface area (TPSA) is 40.5 Å². The first-order valence-electron chi connectivity index (χ1n) is 4.74. The third-order valence-electron chi connectivity index (χ3n) is 2.63. The molecule has 3 heteroatoms. The Hall–Kier alpha value is -0.990. The van der Waals surface area contributed by atoms with Gasteiger partial charge in [-0.15, -0.1) is 0 Å². The number of hydrogen-bond acceptors (Lipinski definition) is 2. The summed E-state index contributed by atoms with van der Waals surface area (Å²) in [7, 11) is 0. The van der Waals surface area contributed by atoms with Crippen molar-refractivity contribution in [2.45, 2.75) is 20.3 Å². The number of carboxylic acid groups (broad SMARTS) is 1. The van der Waals surface area contributed by atoms with Crippen molar-refractivity contribution in [2.75, 3.05) is 13.1 Å². The fourth-order valence-electron chi connectivity index (χ4n) is 1.66.